The van der Waals surface area contributed by atoms with Crippen LogP contribution in [0.2, 0.25) is 0 Å². The summed E-state index contributed by atoms with van der Waals surface area (Å²) in [4.78, 5) is 24.0. The summed E-state index contributed by atoms with van der Waals surface area (Å²) in [5.41, 5.74) is 1.28. The van der Waals surface area contributed by atoms with Gasteiger partial charge in [-0.1, -0.05) is 30.3 Å². The Balaban J connectivity index is 2.16. The zero-order valence-electron chi connectivity index (χ0n) is 9.30. The van der Waals surface area contributed by atoms with Gasteiger partial charge in [0.05, 0.1) is 12.1 Å². The lowest BCUT2D eigenvalue weighted by Gasteiger charge is -2.23. The Bertz CT molecular complexity index is 465. The van der Waals surface area contributed by atoms with E-state index in [-0.39, 0.29) is 12.3 Å². The molecular formula is C13H13NO3. The summed E-state index contributed by atoms with van der Waals surface area (Å²) in [7, 11) is 0. The van der Waals surface area contributed by atoms with Gasteiger partial charge in [0, 0.05) is 12.6 Å². The molecule has 1 amide bonds. The van der Waals surface area contributed by atoms with Gasteiger partial charge in [-0.2, -0.15) is 0 Å². The molecule has 0 atom stereocenters. The van der Waals surface area contributed by atoms with Crippen molar-refractivity contribution < 1.29 is 14.7 Å². The van der Waals surface area contributed by atoms with E-state index in [4.69, 9.17) is 5.11 Å². The van der Waals surface area contributed by atoms with Crippen molar-refractivity contribution in [2.75, 3.05) is 0 Å². The zero-order valence-corrected chi connectivity index (χ0v) is 9.30. The molecule has 1 heterocycles. The molecule has 0 aromatic heterocycles. The molecule has 4 nitrogen and oxygen atoms in total. The van der Waals surface area contributed by atoms with Crippen LogP contribution in [-0.2, 0) is 16.1 Å². The van der Waals surface area contributed by atoms with E-state index in [1.807, 2.05) is 30.3 Å². The van der Waals surface area contributed by atoms with E-state index in [2.05, 4.69) is 0 Å². The Morgan fingerprint density at radius 2 is 1.94 bits per heavy atom. The van der Waals surface area contributed by atoms with Crippen molar-refractivity contribution in [2.24, 2.45) is 0 Å². The summed E-state index contributed by atoms with van der Waals surface area (Å²) in [5.74, 6) is -0.977. The number of carboxylic acid groups (broad SMARTS) is 1. The summed E-state index contributed by atoms with van der Waals surface area (Å²) in [5, 5.41) is 8.90. The largest absolute Gasteiger partial charge is 0.478 e. The topological polar surface area (TPSA) is 57.6 Å². The van der Waals surface area contributed by atoms with E-state index in [9.17, 15) is 9.59 Å². The van der Waals surface area contributed by atoms with Crippen molar-refractivity contribution in [2.45, 2.75) is 19.4 Å². The molecule has 0 radical (unpaired) electrons. The maximum absolute atomic E-state index is 11.7. The van der Waals surface area contributed by atoms with E-state index in [1.54, 1.807) is 0 Å². The van der Waals surface area contributed by atoms with Crippen LogP contribution in [0.1, 0.15) is 18.4 Å². The molecule has 0 aliphatic carbocycles. The lowest BCUT2D eigenvalue weighted by molar-refractivity contribution is -0.134. The monoisotopic (exact) mass is 231 g/mol. The van der Waals surface area contributed by atoms with Crippen LogP contribution in [0.4, 0.5) is 0 Å². The number of amides is 1. The zero-order chi connectivity index (χ0) is 12.3. The van der Waals surface area contributed by atoms with Crippen LogP contribution in [-0.4, -0.2) is 21.9 Å². The van der Waals surface area contributed by atoms with Crippen molar-refractivity contribution in [1.82, 2.24) is 4.90 Å². The first kappa shape index (κ1) is 11.4. The number of hydrogen-bond acceptors (Lipinski definition) is 2. The molecule has 17 heavy (non-hydrogen) atoms. The highest BCUT2D eigenvalue weighted by atomic mass is 16.4. The van der Waals surface area contributed by atoms with E-state index in [0.717, 1.165) is 5.56 Å². The minimum atomic E-state index is -0.949. The molecule has 4 heteroatoms. The first-order valence-electron chi connectivity index (χ1n) is 5.44. The van der Waals surface area contributed by atoms with Crippen molar-refractivity contribution in [1.29, 1.82) is 0 Å². The maximum Gasteiger partial charge on any atom is 0.333 e. The van der Waals surface area contributed by atoms with Gasteiger partial charge in [0.2, 0.25) is 5.91 Å². The number of hydrogen-bond donors (Lipinski definition) is 1. The van der Waals surface area contributed by atoms with Crippen LogP contribution in [0.3, 0.4) is 0 Å². The fourth-order valence-corrected chi connectivity index (χ4v) is 1.79. The minimum Gasteiger partial charge on any atom is -0.478 e. The van der Waals surface area contributed by atoms with Crippen molar-refractivity contribution in [3.05, 3.63) is 47.7 Å². The second-order valence-corrected chi connectivity index (χ2v) is 3.97. The molecule has 1 N–H and O–H groups in total. The summed E-state index contributed by atoms with van der Waals surface area (Å²) in [6.45, 7) is 0.427. The van der Waals surface area contributed by atoms with Crippen molar-refractivity contribution in [3.8, 4) is 0 Å². The SMILES string of the molecule is O=C(O)C1=CN(Cc2ccccc2)C(=O)CC1. The van der Waals surface area contributed by atoms with Crippen molar-refractivity contribution in [3.63, 3.8) is 0 Å². The average Bonchev–Trinajstić information content (AvgIpc) is 2.33. The van der Waals surface area contributed by atoms with E-state index >= 15 is 0 Å². The van der Waals surface area contributed by atoms with Crippen LogP contribution in [0.5, 0.6) is 0 Å². The molecule has 1 aromatic rings. The van der Waals surface area contributed by atoms with Gasteiger partial charge in [-0.25, -0.2) is 4.79 Å². The Morgan fingerprint density at radius 3 is 2.59 bits per heavy atom. The molecule has 1 aromatic carbocycles. The highest BCUT2D eigenvalue weighted by Gasteiger charge is 2.21. The number of carboxylic acids is 1. The van der Waals surface area contributed by atoms with E-state index < -0.39 is 5.97 Å². The Kier molecular flexibility index (Phi) is 3.23. The molecule has 88 valence electrons. The molecule has 1 aliphatic heterocycles. The predicted octanol–water partition coefficient (Wildman–Crippen LogP) is 1.78. The van der Waals surface area contributed by atoms with E-state index in [1.165, 1.54) is 11.1 Å². The second-order valence-electron chi connectivity index (χ2n) is 3.97. The fourth-order valence-electron chi connectivity index (χ4n) is 1.79. The Morgan fingerprint density at radius 1 is 1.24 bits per heavy atom. The van der Waals surface area contributed by atoms with Crippen LogP contribution >= 0.6 is 0 Å². The summed E-state index contributed by atoms with van der Waals surface area (Å²) >= 11 is 0. The second kappa shape index (κ2) is 4.82. The predicted molar refractivity (Wildman–Crippen MR) is 61.9 cm³/mol. The lowest BCUT2D eigenvalue weighted by atomic mass is 10.1. The molecule has 0 bridgehead atoms. The third-order valence-electron chi connectivity index (χ3n) is 2.71. The Labute approximate surface area is 99.2 Å². The van der Waals surface area contributed by atoms with Crippen molar-refractivity contribution >= 4 is 11.9 Å². The van der Waals surface area contributed by atoms with Gasteiger partial charge in [0.25, 0.3) is 0 Å². The molecule has 0 unspecified atom stereocenters. The van der Waals surface area contributed by atoms with Crippen LogP contribution < -0.4 is 0 Å². The minimum absolute atomic E-state index is 0.0288. The summed E-state index contributed by atoms with van der Waals surface area (Å²) in [6, 6.07) is 9.52. The van der Waals surface area contributed by atoms with Gasteiger partial charge in [0.15, 0.2) is 0 Å². The first-order chi connectivity index (χ1) is 8.16. The summed E-state index contributed by atoms with van der Waals surface area (Å²) in [6.07, 6.45) is 2.03. The quantitative estimate of drug-likeness (QED) is 0.862. The number of aliphatic carboxylic acids is 1. The highest BCUT2D eigenvalue weighted by molar-refractivity contribution is 5.90. The molecule has 1 aliphatic rings. The van der Waals surface area contributed by atoms with Crippen LogP contribution in [0, 0.1) is 0 Å². The maximum atomic E-state index is 11.7. The first-order valence-corrected chi connectivity index (χ1v) is 5.44. The summed E-state index contributed by atoms with van der Waals surface area (Å²) < 4.78 is 0. The molecule has 0 spiro atoms. The van der Waals surface area contributed by atoms with Crippen LogP contribution in [0.25, 0.3) is 0 Å². The fraction of sp³-hybridized carbons (Fsp3) is 0.231. The number of carbonyl (C=O) groups is 2. The van der Waals surface area contributed by atoms with Crippen LogP contribution in [0.15, 0.2) is 42.1 Å². The number of rotatable bonds is 3. The van der Waals surface area contributed by atoms with E-state index in [0.29, 0.717) is 18.5 Å². The molecule has 0 saturated carbocycles. The average molecular weight is 231 g/mol. The van der Waals surface area contributed by atoms with Gasteiger partial charge in [-0.05, 0) is 12.0 Å². The number of nitrogens with zero attached hydrogens (tertiary/aromatic N) is 1. The third kappa shape index (κ3) is 2.72. The molecule has 2 rings (SSSR count). The number of carbonyl (C=O) groups excluding carboxylic acids is 1. The highest BCUT2D eigenvalue weighted by Crippen LogP contribution is 2.18. The smallest absolute Gasteiger partial charge is 0.333 e. The Hall–Kier alpha value is -2.10. The number of benzene rings is 1. The lowest BCUT2D eigenvalue weighted by Crippen LogP contribution is -2.30. The van der Waals surface area contributed by atoms with Gasteiger partial charge in [0.1, 0.15) is 0 Å². The molecule has 0 fully saturated rings. The van der Waals surface area contributed by atoms with Gasteiger partial charge in [-0.3, -0.25) is 4.79 Å². The standard InChI is InChI=1S/C13H13NO3/c15-12-7-6-11(13(16)17)9-14(12)8-10-4-2-1-3-5-10/h1-5,9H,6-8H2,(H,16,17). The van der Waals surface area contributed by atoms with Gasteiger partial charge >= 0.3 is 5.97 Å². The normalized spacial score (nSPS) is 15.6. The molecular weight excluding hydrogens is 218 g/mol. The van der Waals surface area contributed by atoms with Gasteiger partial charge < -0.3 is 10.0 Å². The third-order valence-corrected chi connectivity index (χ3v) is 2.71. The molecule has 0 saturated heterocycles. The van der Waals surface area contributed by atoms with Gasteiger partial charge in [-0.15, -0.1) is 0 Å².